The lowest BCUT2D eigenvalue weighted by atomic mass is 9.56. The lowest BCUT2D eigenvalue weighted by Gasteiger charge is -2.46. The van der Waals surface area contributed by atoms with E-state index in [9.17, 15) is 24.3 Å². The van der Waals surface area contributed by atoms with Gasteiger partial charge in [-0.2, -0.15) is 0 Å². The van der Waals surface area contributed by atoms with Crippen LogP contribution in [0.1, 0.15) is 59.3 Å². The molecule has 9 atom stereocenters. The van der Waals surface area contributed by atoms with Crippen molar-refractivity contribution in [2.75, 3.05) is 0 Å². The highest BCUT2D eigenvalue weighted by Gasteiger charge is 2.55. The lowest BCUT2D eigenvalue weighted by Crippen LogP contribution is -2.48. The highest BCUT2D eigenvalue weighted by molar-refractivity contribution is 6.16. The molecule has 1 heterocycles. The van der Waals surface area contributed by atoms with Crippen LogP contribution < -0.4 is 5.32 Å². The van der Waals surface area contributed by atoms with Gasteiger partial charge in [0.05, 0.1) is 11.8 Å². The van der Waals surface area contributed by atoms with E-state index in [1.807, 2.05) is 32.1 Å². The van der Waals surface area contributed by atoms with Crippen LogP contribution in [-0.2, 0) is 19.2 Å². The van der Waals surface area contributed by atoms with Crippen LogP contribution in [0.15, 0.2) is 37.0 Å². The van der Waals surface area contributed by atoms with Gasteiger partial charge >= 0.3 is 5.97 Å². The van der Waals surface area contributed by atoms with Crippen molar-refractivity contribution in [2.24, 2.45) is 53.3 Å². The Kier molecular flexibility index (Phi) is 8.67. The van der Waals surface area contributed by atoms with Crippen molar-refractivity contribution in [3.05, 3.63) is 37.0 Å². The van der Waals surface area contributed by atoms with Gasteiger partial charge in [-0.25, -0.2) is 0 Å². The molecule has 0 spiro atoms. The number of carboxylic acids is 1. The monoisotopic (exact) mass is 469 g/mol. The first-order chi connectivity index (χ1) is 16.2. The van der Waals surface area contributed by atoms with Gasteiger partial charge < -0.3 is 5.11 Å². The standard InChI is InChI=1S/C28H39NO5/c1-5-8-9-11-17(7-3)23-24(27(32)29-26(23)31)25(30)22-18(10-6-2)12-13-19-15-20(28(33)34)14-16(4)21(19)22/h6-7,10,12-13,16-24H,3,5,8-9,11,14-15H2,1-2,4H3,(H,33,34)(H,29,31,32)/b10-6+. The molecule has 0 aromatic rings. The van der Waals surface area contributed by atoms with Crippen molar-refractivity contribution in [2.45, 2.75) is 59.3 Å². The maximum absolute atomic E-state index is 14.2. The molecule has 0 aromatic heterocycles. The lowest BCUT2D eigenvalue weighted by molar-refractivity contribution is -0.146. The van der Waals surface area contributed by atoms with Crippen LogP contribution in [0.2, 0.25) is 0 Å². The summed E-state index contributed by atoms with van der Waals surface area (Å²) in [5, 5.41) is 12.0. The Hall–Kier alpha value is -2.50. The molecule has 0 aromatic carbocycles. The Morgan fingerprint density at radius 1 is 1.21 bits per heavy atom. The molecule has 6 nitrogen and oxygen atoms in total. The number of carboxylic acid groups (broad SMARTS) is 1. The van der Waals surface area contributed by atoms with Crippen molar-refractivity contribution in [1.29, 1.82) is 0 Å². The Labute approximate surface area is 202 Å². The second-order valence-corrected chi connectivity index (χ2v) is 10.4. The molecule has 2 fully saturated rings. The first kappa shape index (κ1) is 26.1. The van der Waals surface area contributed by atoms with E-state index < -0.39 is 35.5 Å². The molecule has 34 heavy (non-hydrogen) atoms. The number of carbonyl (C=O) groups is 4. The number of hydrogen-bond acceptors (Lipinski definition) is 4. The van der Waals surface area contributed by atoms with E-state index in [4.69, 9.17) is 0 Å². The smallest absolute Gasteiger partial charge is 0.306 e. The third-order valence-corrected chi connectivity index (χ3v) is 8.27. The number of Topliss-reactive ketones (excluding diaryl/α,β-unsaturated/α-hetero) is 1. The Balaban J connectivity index is 1.95. The van der Waals surface area contributed by atoms with Crippen LogP contribution in [-0.4, -0.2) is 28.7 Å². The largest absolute Gasteiger partial charge is 0.481 e. The summed E-state index contributed by atoms with van der Waals surface area (Å²) in [5.74, 6) is -4.96. The molecule has 2 amide bonds. The van der Waals surface area contributed by atoms with Crippen LogP contribution in [0.5, 0.6) is 0 Å². The van der Waals surface area contributed by atoms with Crippen molar-refractivity contribution >= 4 is 23.6 Å². The van der Waals surface area contributed by atoms with E-state index >= 15 is 0 Å². The maximum Gasteiger partial charge on any atom is 0.306 e. The number of fused-ring (bicyclic) bond motifs is 1. The minimum atomic E-state index is -1.02. The highest BCUT2D eigenvalue weighted by Crippen LogP contribution is 2.50. The molecule has 3 rings (SSSR count). The van der Waals surface area contributed by atoms with Gasteiger partial charge in [-0.3, -0.25) is 24.5 Å². The second-order valence-electron chi connectivity index (χ2n) is 10.4. The van der Waals surface area contributed by atoms with Gasteiger partial charge in [-0.15, -0.1) is 6.58 Å². The Bertz CT molecular complexity index is 874. The molecule has 2 N–H and O–H groups in total. The molecular weight excluding hydrogens is 430 g/mol. The minimum Gasteiger partial charge on any atom is -0.481 e. The van der Waals surface area contributed by atoms with E-state index in [2.05, 4.69) is 24.9 Å². The van der Waals surface area contributed by atoms with Crippen LogP contribution in [0.3, 0.4) is 0 Å². The summed E-state index contributed by atoms with van der Waals surface area (Å²) in [5.41, 5.74) is 0. The van der Waals surface area contributed by atoms with Crippen molar-refractivity contribution in [3.8, 4) is 0 Å². The van der Waals surface area contributed by atoms with Crippen LogP contribution in [0.25, 0.3) is 0 Å². The van der Waals surface area contributed by atoms with Crippen LogP contribution in [0.4, 0.5) is 0 Å². The summed E-state index contributed by atoms with van der Waals surface area (Å²) in [6.45, 7) is 9.95. The quantitative estimate of drug-likeness (QED) is 0.211. The Morgan fingerprint density at radius 3 is 2.56 bits per heavy atom. The predicted molar refractivity (Wildman–Crippen MR) is 130 cm³/mol. The predicted octanol–water partition coefficient (Wildman–Crippen LogP) is 4.57. The number of amides is 2. The van der Waals surface area contributed by atoms with Gasteiger partial charge in [0.25, 0.3) is 0 Å². The fourth-order valence-electron chi connectivity index (χ4n) is 6.70. The SMILES string of the molecule is C=CC(CCCCC)C1C(=O)NC(=O)C1C(=O)C1C(/C=C/C)C=CC2CC(C(=O)O)CC(C)C21. The molecule has 186 valence electrons. The summed E-state index contributed by atoms with van der Waals surface area (Å²) < 4.78 is 0. The fourth-order valence-corrected chi connectivity index (χ4v) is 6.70. The van der Waals surface area contributed by atoms with Crippen LogP contribution >= 0.6 is 0 Å². The molecule has 9 unspecified atom stereocenters. The molecular formula is C28H39NO5. The van der Waals surface area contributed by atoms with Gasteiger partial charge in [-0.05, 0) is 49.9 Å². The summed E-state index contributed by atoms with van der Waals surface area (Å²) >= 11 is 0. The van der Waals surface area contributed by atoms with E-state index in [-0.39, 0.29) is 41.3 Å². The third-order valence-electron chi connectivity index (χ3n) is 8.27. The average Bonchev–Trinajstić information content (AvgIpc) is 3.09. The summed E-state index contributed by atoms with van der Waals surface area (Å²) in [6.07, 6.45) is 14.4. The van der Waals surface area contributed by atoms with Gasteiger partial charge in [0.15, 0.2) is 0 Å². The average molecular weight is 470 g/mol. The molecule has 0 radical (unpaired) electrons. The van der Waals surface area contributed by atoms with Gasteiger partial charge in [-0.1, -0.05) is 63.5 Å². The van der Waals surface area contributed by atoms with Crippen molar-refractivity contribution in [3.63, 3.8) is 0 Å². The van der Waals surface area contributed by atoms with E-state index in [1.165, 1.54) is 0 Å². The number of aliphatic carboxylic acids is 1. The molecule has 1 aliphatic heterocycles. The number of allylic oxidation sites excluding steroid dienone is 5. The number of imide groups is 1. The summed E-state index contributed by atoms with van der Waals surface area (Å²) in [7, 11) is 0. The minimum absolute atomic E-state index is 0.0184. The van der Waals surface area contributed by atoms with E-state index in [1.54, 1.807) is 6.08 Å². The van der Waals surface area contributed by atoms with Crippen LogP contribution in [0, 0.1) is 53.3 Å². The van der Waals surface area contributed by atoms with E-state index in [0.717, 1.165) is 25.7 Å². The summed E-state index contributed by atoms with van der Waals surface area (Å²) in [6, 6.07) is 0. The number of unbranched alkanes of at least 4 members (excludes halogenated alkanes) is 2. The number of nitrogens with one attached hydrogen (secondary N) is 1. The van der Waals surface area contributed by atoms with Crippen molar-refractivity contribution < 1.29 is 24.3 Å². The first-order valence-electron chi connectivity index (χ1n) is 12.8. The summed E-state index contributed by atoms with van der Waals surface area (Å²) in [4.78, 5) is 51.7. The molecule has 1 saturated heterocycles. The molecule has 1 saturated carbocycles. The van der Waals surface area contributed by atoms with Gasteiger partial charge in [0.2, 0.25) is 11.8 Å². The molecule has 0 bridgehead atoms. The third kappa shape index (κ3) is 5.11. The topological polar surface area (TPSA) is 101 Å². The molecule has 3 aliphatic rings. The maximum atomic E-state index is 14.2. The molecule has 6 heteroatoms. The normalized spacial score (nSPS) is 36.2. The second kappa shape index (κ2) is 11.3. The highest BCUT2D eigenvalue weighted by atomic mass is 16.4. The number of ketones is 1. The first-order valence-corrected chi connectivity index (χ1v) is 12.8. The fraction of sp³-hybridized carbons (Fsp3) is 0.643. The zero-order chi connectivity index (χ0) is 25.0. The molecule has 2 aliphatic carbocycles. The zero-order valence-corrected chi connectivity index (χ0v) is 20.6. The number of hydrogen-bond donors (Lipinski definition) is 2. The van der Waals surface area contributed by atoms with Gasteiger partial charge in [0, 0.05) is 11.8 Å². The zero-order valence-electron chi connectivity index (χ0n) is 20.6. The number of carbonyl (C=O) groups excluding carboxylic acids is 3. The van der Waals surface area contributed by atoms with Crippen molar-refractivity contribution in [1.82, 2.24) is 5.32 Å². The Morgan fingerprint density at radius 2 is 1.94 bits per heavy atom. The van der Waals surface area contributed by atoms with Gasteiger partial charge in [0.1, 0.15) is 11.7 Å². The number of rotatable bonds is 10. The van der Waals surface area contributed by atoms with E-state index in [0.29, 0.717) is 12.8 Å².